The zero-order chi connectivity index (χ0) is 16.6. The number of carbonyl (C=O) groups excluding carboxylic acids is 1. The average Bonchev–Trinajstić information content (AvgIpc) is 3.13. The van der Waals surface area contributed by atoms with Gasteiger partial charge in [0.2, 0.25) is 5.91 Å². The topological polar surface area (TPSA) is 56.2 Å². The first-order chi connectivity index (χ1) is 11.8. The molecule has 1 N–H and O–H groups in total. The Hall–Kier alpha value is -3.08. The van der Waals surface area contributed by atoms with Crippen LogP contribution in [0.4, 0.5) is 0 Å². The standard InChI is InChI=1S/C19H19N3O2/c23-19(14-22-12-4-11-21-22)20-13-16-7-9-18(10-8-16)24-15-17-5-2-1-3-6-17/h1-12H,13-15H2,(H,20,23). The summed E-state index contributed by atoms with van der Waals surface area (Å²) in [5.74, 6) is 0.744. The van der Waals surface area contributed by atoms with Gasteiger partial charge < -0.3 is 10.1 Å². The van der Waals surface area contributed by atoms with Crippen molar-refractivity contribution < 1.29 is 9.53 Å². The summed E-state index contributed by atoms with van der Waals surface area (Å²) in [4.78, 5) is 11.8. The molecular weight excluding hydrogens is 302 g/mol. The fourth-order valence-electron chi connectivity index (χ4n) is 2.24. The Kier molecular flexibility index (Phi) is 5.24. The highest BCUT2D eigenvalue weighted by atomic mass is 16.5. The van der Waals surface area contributed by atoms with Crippen LogP contribution >= 0.6 is 0 Å². The molecule has 2 aromatic carbocycles. The minimum atomic E-state index is -0.0666. The number of nitrogens with one attached hydrogen (secondary N) is 1. The lowest BCUT2D eigenvalue weighted by atomic mass is 10.2. The lowest BCUT2D eigenvalue weighted by Gasteiger charge is -2.08. The maximum atomic E-state index is 11.8. The molecule has 24 heavy (non-hydrogen) atoms. The van der Waals surface area contributed by atoms with Gasteiger partial charge in [-0.1, -0.05) is 42.5 Å². The molecular formula is C19H19N3O2. The normalized spacial score (nSPS) is 10.3. The fourth-order valence-corrected chi connectivity index (χ4v) is 2.24. The van der Waals surface area contributed by atoms with Crippen LogP contribution in [0.5, 0.6) is 5.75 Å². The molecule has 122 valence electrons. The SMILES string of the molecule is O=C(Cn1cccn1)NCc1ccc(OCc2ccccc2)cc1. The Morgan fingerprint density at radius 1 is 1.00 bits per heavy atom. The maximum Gasteiger partial charge on any atom is 0.241 e. The quantitative estimate of drug-likeness (QED) is 0.728. The van der Waals surface area contributed by atoms with E-state index in [1.807, 2.05) is 54.6 Å². The molecule has 0 radical (unpaired) electrons. The third-order valence-corrected chi connectivity index (χ3v) is 3.53. The number of carbonyl (C=O) groups is 1. The number of hydrogen-bond acceptors (Lipinski definition) is 3. The molecule has 1 heterocycles. The number of hydrogen-bond donors (Lipinski definition) is 1. The van der Waals surface area contributed by atoms with Gasteiger partial charge >= 0.3 is 0 Å². The van der Waals surface area contributed by atoms with Gasteiger partial charge in [0.1, 0.15) is 18.9 Å². The van der Waals surface area contributed by atoms with Gasteiger partial charge in [0, 0.05) is 18.9 Å². The average molecular weight is 321 g/mol. The van der Waals surface area contributed by atoms with E-state index in [1.165, 1.54) is 0 Å². The number of ether oxygens (including phenoxy) is 1. The van der Waals surface area contributed by atoms with Crippen LogP contribution in [0.15, 0.2) is 73.1 Å². The molecule has 0 spiro atoms. The Labute approximate surface area is 140 Å². The van der Waals surface area contributed by atoms with Crippen molar-refractivity contribution in [2.75, 3.05) is 0 Å². The van der Waals surface area contributed by atoms with Gasteiger partial charge in [0.15, 0.2) is 0 Å². The summed E-state index contributed by atoms with van der Waals surface area (Å²) in [6.45, 7) is 1.26. The third kappa shape index (κ3) is 4.71. The van der Waals surface area contributed by atoms with E-state index in [0.29, 0.717) is 13.2 Å². The van der Waals surface area contributed by atoms with Crippen molar-refractivity contribution in [1.82, 2.24) is 15.1 Å². The molecule has 0 atom stereocenters. The molecule has 5 nitrogen and oxygen atoms in total. The molecule has 0 unspecified atom stereocenters. The molecule has 3 rings (SSSR count). The number of nitrogens with zero attached hydrogens (tertiary/aromatic N) is 2. The van der Waals surface area contributed by atoms with Crippen molar-refractivity contribution in [3.63, 3.8) is 0 Å². The van der Waals surface area contributed by atoms with Crippen LogP contribution in [-0.4, -0.2) is 15.7 Å². The molecule has 0 aliphatic carbocycles. The molecule has 5 heteroatoms. The lowest BCUT2D eigenvalue weighted by Crippen LogP contribution is -2.27. The molecule has 0 saturated heterocycles. The van der Waals surface area contributed by atoms with Crippen LogP contribution in [0.1, 0.15) is 11.1 Å². The molecule has 0 aliphatic rings. The fraction of sp³-hybridized carbons (Fsp3) is 0.158. The smallest absolute Gasteiger partial charge is 0.241 e. The minimum Gasteiger partial charge on any atom is -0.489 e. The monoisotopic (exact) mass is 321 g/mol. The lowest BCUT2D eigenvalue weighted by molar-refractivity contribution is -0.122. The molecule has 0 bridgehead atoms. The Balaban J connectivity index is 1.45. The summed E-state index contributed by atoms with van der Waals surface area (Å²) in [5, 5.41) is 6.88. The number of rotatable bonds is 7. The zero-order valence-corrected chi connectivity index (χ0v) is 13.3. The highest BCUT2D eigenvalue weighted by Crippen LogP contribution is 2.14. The van der Waals surface area contributed by atoms with Crippen LogP contribution in [-0.2, 0) is 24.5 Å². The van der Waals surface area contributed by atoms with Gasteiger partial charge in [-0.2, -0.15) is 5.10 Å². The predicted octanol–water partition coefficient (Wildman–Crippen LogP) is 2.78. The number of aromatic nitrogens is 2. The van der Waals surface area contributed by atoms with Crippen LogP contribution in [0, 0.1) is 0 Å². The van der Waals surface area contributed by atoms with Crippen molar-refractivity contribution in [3.05, 3.63) is 84.2 Å². The first kappa shape index (κ1) is 15.8. The highest BCUT2D eigenvalue weighted by molar-refractivity contribution is 5.75. The molecule has 1 amide bonds. The summed E-state index contributed by atoms with van der Waals surface area (Å²) in [5.41, 5.74) is 2.16. The molecule has 0 fully saturated rings. The first-order valence-electron chi connectivity index (χ1n) is 7.79. The zero-order valence-electron chi connectivity index (χ0n) is 13.3. The Morgan fingerprint density at radius 2 is 1.79 bits per heavy atom. The van der Waals surface area contributed by atoms with Gasteiger partial charge in [-0.05, 0) is 29.3 Å². The third-order valence-electron chi connectivity index (χ3n) is 3.53. The van der Waals surface area contributed by atoms with Gasteiger partial charge in [-0.15, -0.1) is 0 Å². The largest absolute Gasteiger partial charge is 0.489 e. The summed E-state index contributed by atoms with van der Waals surface area (Å²) in [7, 11) is 0. The summed E-state index contributed by atoms with van der Waals surface area (Å²) in [6, 6.07) is 19.6. The Bertz CT molecular complexity index is 753. The van der Waals surface area contributed by atoms with Gasteiger partial charge in [-0.3, -0.25) is 9.48 Å². The predicted molar refractivity (Wildman–Crippen MR) is 91.3 cm³/mol. The molecule has 1 aromatic heterocycles. The van der Waals surface area contributed by atoms with E-state index in [9.17, 15) is 4.79 Å². The van der Waals surface area contributed by atoms with Crippen LogP contribution in [0.2, 0.25) is 0 Å². The minimum absolute atomic E-state index is 0.0666. The number of amides is 1. The van der Waals surface area contributed by atoms with E-state index in [4.69, 9.17) is 4.74 Å². The van der Waals surface area contributed by atoms with E-state index in [1.54, 1.807) is 23.1 Å². The molecule has 3 aromatic rings. The molecule has 0 aliphatic heterocycles. The second-order valence-corrected chi connectivity index (χ2v) is 5.40. The van der Waals surface area contributed by atoms with Gasteiger partial charge in [-0.25, -0.2) is 0 Å². The van der Waals surface area contributed by atoms with E-state index in [2.05, 4.69) is 10.4 Å². The second-order valence-electron chi connectivity index (χ2n) is 5.40. The van der Waals surface area contributed by atoms with Crippen molar-refractivity contribution >= 4 is 5.91 Å². The summed E-state index contributed by atoms with van der Waals surface area (Å²) in [6.07, 6.45) is 3.42. The molecule has 0 saturated carbocycles. The van der Waals surface area contributed by atoms with E-state index < -0.39 is 0 Å². The van der Waals surface area contributed by atoms with E-state index in [0.717, 1.165) is 16.9 Å². The van der Waals surface area contributed by atoms with Crippen molar-refractivity contribution in [1.29, 1.82) is 0 Å². The van der Waals surface area contributed by atoms with Gasteiger partial charge in [0.25, 0.3) is 0 Å². The van der Waals surface area contributed by atoms with E-state index >= 15 is 0 Å². The summed E-state index contributed by atoms with van der Waals surface area (Å²) < 4.78 is 7.34. The van der Waals surface area contributed by atoms with Crippen molar-refractivity contribution in [2.45, 2.75) is 19.7 Å². The van der Waals surface area contributed by atoms with Crippen LogP contribution in [0.25, 0.3) is 0 Å². The van der Waals surface area contributed by atoms with E-state index in [-0.39, 0.29) is 12.5 Å². The van der Waals surface area contributed by atoms with Crippen molar-refractivity contribution in [3.8, 4) is 5.75 Å². The second kappa shape index (κ2) is 7.97. The first-order valence-corrected chi connectivity index (χ1v) is 7.79. The van der Waals surface area contributed by atoms with Gasteiger partial charge in [0.05, 0.1) is 0 Å². The van der Waals surface area contributed by atoms with Crippen LogP contribution < -0.4 is 10.1 Å². The maximum absolute atomic E-state index is 11.8. The summed E-state index contributed by atoms with van der Waals surface area (Å²) >= 11 is 0. The number of benzene rings is 2. The highest BCUT2D eigenvalue weighted by Gasteiger charge is 2.03. The van der Waals surface area contributed by atoms with Crippen molar-refractivity contribution in [2.24, 2.45) is 0 Å². The Morgan fingerprint density at radius 3 is 2.50 bits per heavy atom. The van der Waals surface area contributed by atoms with Crippen LogP contribution in [0.3, 0.4) is 0 Å².